The summed E-state index contributed by atoms with van der Waals surface area (Å²) in [5.74, 6) is 3.00. The summed E-state index contributed by atoms with van der Waals surface area (Å²) in [4.78, 5) is 22.5. The largest absolute Gasteiger partial charge is 0.381 e. The highest BCUT2D eigenvalue weighted by Gasteiger charge is 2.24. The molecule has 4 heterocycles. The van der Waals surface area contributed by atoms with Gasteiger partial charge in [-0.1, -0.05) is 0 Å². The van der Waals surface area contributed by atoms with E-state index in [1.165, 1.54) is 0 Å². The second-order valence-electron chi connectivity index (χ2n) is 6.60. The van der Waals surface area contributed by atoms with Gasteiger partial charge >= 0.3 is 0 Å². The summed E-state index contributed by atoms with van der Waals surface area (Å²) < 4.78 is 10.8. The third kappa shape index (κ3) is 3.76. The molecule has 0 aliphatic carbocycles. The van der Waals surface area contributed by atoms with Gasteiger partial charge in [-0.05, 0) is 6.42 Å². The van der Waals surface area contributed by atoms with Crippen molar-refractivity contribution >= 4 is 11.6 Å². The number of nitrogens with zero attached hydrogens (tertiary/aromatic N) is 6. The fraction of sp³-hybridized carbons (Fsp3) is 0.556. The molecule has 0 bridgehead atoms. The van der Waals surface area contributed by atoms with E-state index in [-0.39, 0.29) is 0 Å². The number of anilines is 2. The first-order chi connectivity index (χ1) is 12.8. The topological polar surface area (TPSA) is 76.5 Å². The predicted molar refractivity (Wildman–Crippen MR) is 97.4 cm³/mol. The highest BCUT2D eigenvalue weighted by molar-refractivity contribution is 5.45. The molecule has 2 saturated heterocycles. The molecule has 0 radical (unpaired) electrons. The van der Waals surface area contributed by atoms with Crippen LogP contribution < -0.4 is 9.80 Å². The van der Waals surface area contributed by atoms with E-state index in [1.54, 1.807) is 19.5 Å². The zero-order valence-corrected chi connectivity index (χ0v) is 15.0. The van der Waals surface area contributed by atoms with E-state index in [2.05, 4.69) is 25.8 Å². The zero-order chi connectivity index (χ0) is 17.8. The lowest BCUT2D eigenvalue weighted by Gasteiger charge is -2.36. The first-order valence-electron chi connectivity index (χ1n) is 9.04. The maximum Gasteiger partial charge on any atom is 0.156 e. The molecular weight excluding hydrogens is 332 g/mol. The van der Waals surface area contributed by atoms with Crippen molar-refractivity contribution in [2.75, 3.05) is 56.3 Å². The molecule has 4 rings (SSSR count). The molecule has 1 atom stereocenters. The van der Waals surface area contributed by atoms with Crippen molar-refractivity contribution in [2.45, 2.75) is 18.9 Å². The van der Waals surface area contributed by atoms with Crippen LogP contribution in [-0.4, -0.2) is 66.4 Å². The Labute approximate surface area is 153 Å². The van der Waals surface area contributed by atoms with E-state index in [0.717, 1.165) is 69.0 Å². The Kier molecular flexibility index (Phi) is 5.21. The van der Waals surface area contributed by atoms with Crippen LogP contribution in [0.2, 0.25) is 0 Å². The molecule has 0 aromatic carbocycles. The van der Waals surface area contributed by atoms with Gasteiger partial charge in [0.1, 0.15) is 18.2 Å². The normalized spacial score (nSPS) is 20.6. The molecule has 0 spiro atoms. The van der Waals surface area contributed by atoms with Gasteiger partial charge in [0.05, 0.1) is 18.5 Å². The lowest BCUT2D eigenvalue weighted by atomic mass is 10.0. The Bertz CT molecular complexity index is 715. The van der Waals surface area contributed by atoms with E-state index in [4.69, 9.17) is 19.4 Å². The standard InChI is InChI=1S/C18H24N6O2/c1-25-13-16-21-15(14-2-9-26-12-14)10-17(22-16)23-5-7-24(8-6-23)18-11-19-3-4-20-18/h3-4,10-11,14H,2,5-9,12-13H2,1H3/t14-/m1/s1. The summed E-state index contributed by atoms with van der Waals surface area (Å²) in [6.07, 6.45) is 6.27. The van der Waals surface area contributed by atoms with E-state index >= 15 is 0 Å². The maximum atomic E-state index is 5.53. The second-order valence-corrected chi connectivity index (χ2v) is 6.60. The molecule has 8 heteroatoms. The Morgan fingerprint density at radius 1 is 1.12 bits per heavy atom. The summed E-state index contributed by atoms with van der Waals surface area (Å²) in [7, 11) is 1.67. The quantitative estimate of drug-likeness (QED) is 0.792. The number of hydrogen-bond donors (Lipinski definition) is 0. The molecule has 2 aliphatic rings. The van der Waals surface area contributed by atoms with Gasteiger partial charge in [-0.2, -0.15) is 0 Å². The van der Waals surface area contributed by atoms with Gasteiger partial charge in [0.25, 0.3) is 0 Å². The summed E-state index contributed by atoms with van der Waals surface area (Å²) in [5.41, 5.74) is 1.07. The molecule has 138 valence electrons. The van der Waals surface area contributed by atoms with Crippen molar-refractivity contribution in [3.8, 4) is 0 Å². The molecule has 0 saturated carbocycles. The molecule has 0 amide bonds. The molecule has 26 heavy (non-hydrogen) atoms. The van der Waals surface area contributed by atoms with Crippen molar-refractivity contribution in [1.82, 2.24) is 19.9 Å². The molecule has 2 aromatic heterocycles. The van der Waals surface area contributed by atoms with Crippen LogP contribution in [0.5, 0.6) is 0 Å². The molecule has 0 N–H and O–H groups in total. The zero-order valence-electron chi connectivity index (χ0n) is 15.0. The monoisotopic (exact) mass is 356 g/mol. The van der Waals surface area contributed by atoms with E-state index in [9.17, 15) is 0 Å². The van der Waals surface area contributed by atoms with Crippen molar-refractivity contribution < 1.29 is 9.47 Å². The lowest BCUT2D eigenvalue weighted by Crippen LogP contribution is -2.47. The third-order valence-electron chi connectivity index (χ3n) is 4.88. The molecule has 8 nitrogen and oxygen atoms in total. The lowest BCUT2D eigenvalue weighted by molar-refractivity contribution is 0.177. The van der Waals surface area contributed by atoms with E-state index in [1.807, 2.05) is 6.20 Å². The summed E-state index contributed by atoms with van der Waals surface area (Å²) in [5, 5.41) is 0. The minimum atomic E-state index is 0.355. The third-order valence-corrected chi connectivity index (χ3v) is 4.88. The van der Waals surface area contributed by atoms with Gasteiger partial charge in [-0.15, -0.1) is 0 Å². The van der Waals surface area contributed by atoms with Gasteiger partial charge in [-0.25, -0.2) is 15.0 Å². The smallest absolute Gasteiger partial charge is 0.156 e. The van der Waals surface area contributed by atoms with E-state index < -0.39 is 0 Å². The molecular formula is C18H24N6O2. The van der Waals surface area contributed by atoms with Crippen molar-refractivity contribution in [3.63, 3.8) is 0 Å². The number of aromatic nitrogens is 4. The molecule has 2 fully saturated rings. The van der Waals surface area contributed by atoms with Gasteiger partial charge in [-0.3, -0.25) is 4.98 Å². The fourth-order valence-electron chi connectivity index (χ4n) is 3.45. The van der Waals surface area contributed by atoms with Crippen molar-refractivity contribution in [2.24, 2.45) is 0 Å². The van der Waals surface area contributed by atoms with Crippen LogP contribution in [0.3, 0.4) is 0 Å². The van der Waals surface area contributed by atoms with Crippen molar-refractivity contribution in [3.05, 3.63) is 36.2 Å². The SMILES string of the molecule is COCc1nc([C@@H]2CCOC2)cc(N2CCN(c3cnccn3)CC2)n1. The Morgan fingerprint density at radius 3 is 2.58 bits per heavy atom. The first kappa shape index (κ1) is 17.1. The number of rotatable bonds is 5. The fourth-order valence-corrected chi connectivity index (χ4v) is 3.45. The summed E-state index contributed by atoms with van der Waals surface area (Å²) >= 11 is 0. The molecule has 2 aromatic rings. The van der Waals surface area contributed by atoms with Gasteiger partial charge in [0, 0.05) is 64.3 Å². The van der Waals surface area contributed by atoms with Crippen LogP contribution in [0.4, 0.5) is 11.6 Å². The van der Waals surface area contributed by atoms with Crippen LogP contribution in [0, 0.1) is 0 Å². The second kappa shape index (κ2) is 7.92. The number of hydrogen-bond acceptors (Lipinski definition) is 8. The predicted octanol–water partition coefficient (Wildman–Crippen LogP) is 1.24. The number of methoxy groups -OCH3 is 1. The average molecular weight is 356 g/mol. The van der Waals surface area contributed by atoms with Gasteiger partial charge < -0.3 is 19.3 Å². The Morgan fingerprint density at radius 2 is 1.92 bits per heavy atom. The van der Waals surface area contributed by atoms with Crippen LogP contribution in [0.25, 0.3) is 0 Å². The van der Waals surface area contributed by atoms with Crippen LogP contribution >= 0.6 is 0 Å². The first-order valence-corrected chi connectivity index (χ1v) is 9.04. The summed E-state index contributed by atoms with van der Waals surface area (Å²) in [6.45, 7) is 5.54. The summed E-state index contributed by atoms with van der Waals surface area (Å²) in [6, 6.07) is 2.12. The minimum absolute atomic E-state index is 0.355. The van der Waals surface area contributed by atoms with Crippen molar-refractivity contribution in [1.29, 1.82) is 0 Å². The number of piperazine rings is 1. The molecule has 2 aliphatic heterocycles. The average Bonchev–Trinajstić information content (AvgIpc) is 3.24. The Balaban J connectivity index is 1.50. The van der Waals surface area contributed by atoms with E-state index in [0.29, 0.717) is 12.5 Å². The van der Waals surface area contributed by atoms with Gasteiger partial charge in [0.2, 0.25) is 0 Å². The number of ether oxygens (including phenoxy) is 2. The van der Waals surface area contributed by atoms with Crippen LogP contribution in [0.1, 0.15) is 23.9 Å². The highest BCUT2D eigenvalue weighted by atomic mass is 16.5. The highest BCUT2D eigenvalue weighted by Crippen LogP contribution is 2.27. The minimum Gasteiger partial charge on any atom is -0.381 e. The van der Waals surface area contributed by atoms with Crippen LogP contribution in [-0.2, 0) is 16.1 Å². The molecule has 0 unspecified atom stereocenters. The maximum absolute atomic E-state index is 5.53. The Hall–Kier alpha value is -2.32. The van der Waals surface area contributed by atoms with Crippen LogP contribution in [0.15, 0.2) is 24.7 Å². The van der Waals surface area contributed by atoms with Gasteiger partial charge in [0.15, 0.2) is 5.82 Å².